The van der Waals surface area contributed by atoms with Gasteiger partial charge in [0, 0.05) is 30.6 Å². The molecule has 1 amide bonds. The summed E-state index contributed by atoms with van der Waals surface area (Å²) in [6.07, 6.45) is 2.08. The van der Waals surface area contributed by atoms with Gasteiger partial charge in [-0.1, -0.05) is 24.3 Å². The Morgan fingerprint density at radius 1 is 1.12 bits per heavy atom. The average Bonchev–Trinajstić information content (AvgIpc) is 2.66. The zero-order valence-corrected chi connectivity index (χ0v) is 16.3. The van der Waals surface area contributed by atoms with E-state index in [9.17, 15) is 4.79 Å². The number of guanidine groups is 1. The number of amides is 1. The van der Waals surface area contributed by atoms with Crippen LogP contribution in [0.3, 0.4) is 0 Å². The molecule has 0 aliphatic carbocycles. The standard InChI is InChI=1S/C20H26N4OS/c1-4-22-20(23-13-15-5-9-17(10-6-15)19(21)25)24(2)14-16-7-11-18(26-3)12-8-16/h5-12H,4,13-14H2,1-3H3,(H2,21,25)(H,22,23). The Bertz CT molecular complexity index is 741. The van der Waals surface area contributed by atoms with Gasteiger partial charge in [-0.3, -0.25) is 4.79 Å². The largest absolute Gasteiger partial charge is 0.366 e. The fourth-order valence-corrected chi connectivity index (χ4v) is 2.90. The first-order valence-corrected chi connectivity index (χ1v) is 9.77. The lowest BCUT2D eigenvalue weighted by Crippen LogP contribution is -2.38. The van der Waals surface area contributed by atoms with Gasteiger partial charge in [0.15, 0.2) is 5.96 Å². The van der Waals surface area contributed by atoms with Crippen molar-refractivity contribution in [1.82, 2.24) is 10.2 Å². The van der Waals surface area contributed by atoms with Crippen molar-refractivity contribution in [2.45, 2.75) is 24.9 Å². The molecule has 5 nitrogen and oxygen atoms in total. The molecule has 0 radical (unpaired) electrons. The molecule has 0 unspecified atom stereocenters. The summed E-state index contributed by atoms with van der Waals surface area (Å²) in [5.41, 5.74) is 8.05. The molecule has 0 aliphatic heterocycles. The van der Waals surface area contributed by atoms with Crippen molar-refractivity contribution in [3.8, 4) is 0 Å². The van der Waals surface area contributed by atoms with Crippen LogP contribution in [0.1, 0.15) is 28.4 Å². The first-order valence-electron chi connectivity index (χ1n) is 8.54. The second-order valence-electron chi connectivity index (χ2n) is 5.94. The molecule has 138 valence electrons. The van der Waals surface area contributed by atoms with Crippen LogP contribution in [0.2, 0.25) is 0 Å². The lowest BCUT2D eigenvalue weighted by Gasteiger charge is -2.22. The molecule has 2 rings (SSSR count). The Morgan fingerprint density at radius 2 is 1.73 bits per heavy atom. The number of nitrogens with zero attached hydrogens (tertiary/aromatic N) is 2. The minimum atomic E-state index is -0.416. The van der Waals surface area contributed by atoms with Crippen LogP contribution in [0.5, 0.6) is 0 Å². The topological polar surface area (TPSA) is 70.7 Å². The number of hydrogen-bond donors (Lipinski definition) is 2. The molecule has 0 atom stereocenters. The van der Waals surface area contributed by atoms with Gasteiger partial charge in [-0.05, 0) is 48.6 Å². The Kier molecular flexibility index (Phi) is 7.53. The highest BCUT2D eigenvalue weighted by atomic mass is 32.2. The maximum Gasteiger partial charge on any atom is 0.248 e. The van der Waals surface area contributed by atoms with E-state index >= 15 is 0 Å². The normalized spacial score (nSPS) is 11.3. The van der Waals surface area contributed by atoms with E-state index in [1.165, 1.54) is 10.5 Å². The minimum Gasteiger partial charge on any atom is -0.366 e. The molecular weight excluding hydrogens is 344 g/mol. The molecule has 6 heteroatoms. The fourth-order valence-electron chi connectivity index (χ4n) is 2.49. The molecule has 0 saturated heterocycles. The smallest absolute Gasteiger partial charge is 0.248 e. The van der Waals surface area contributed by atoms with Gasteiger partial charge in [0.05, 0.1) is 6.54 Å². The third kappa shape index (κ3) is 5.81. The van der Waals surface area contributed by atoms with Crippen LogP contribution in [0.25, 0.3) is 0 Å². The quantitative estimate of drug-likeness (QED) is 0.446. The molecule has 0 aliphatic rings. The van der Waals surface area contributed by atoms with Crippen molar-refractivity contribution >= 4 is 23.6 Å². The summed E-state index contributed by atoms with van der Waals surface area (Å²) in [4.78, 5) is 19.2. The maximum absolute atomic E-state index is 11.1. The molecule has 0 aromatic heterocycles. The lowest BCUT2D eigenvalue weighted by molar-refractivity contribution is 0.100. The Balaban J connectivity index is 2.05. The number of thioether (sulfide) groups is 1. The van der Waals surface area contributed by atoms with E-state index in [0.717, 1.165) is 24.6 Å². The highest BCUT2D eigenvalue weighted by molar-refractivity contribution is 7.98. The molecule has 0 heterocycles. The molecule has 0 saturated carbocycles. The summed E-state index contributed by atoms with van der Waals surface area (Å²) < 4.78 is 0. The predicted octanol–water partition coefficient (Wildman–Crippen LogP) is 3.10. The van der Waals surface area contributed by atoms with Crippen LogP contribution in [-0.2, 0) is 13.1 Å². The molecule has 0 spiro atoms. The Hall–Kier alpha value is -2.47. The first-order chi connectivity index (χ1) is 12.5. The molecule has 0 fully saturated rings. The number of hydrogen-bond acceptors (Lipinski definition) is 3. The van der Waals surface area contributed by atoms with Crippen molar-refractivity contribution in [3.63, 3.8) is 0 Å². The van der Waals surface area contributed by atoms with Gasteiger partial charge >= 0.3 is 0 Å². The number of aliphatic imine (C=N–C) groups is 1. The van der Waals surface area contributed by atoms with Crippen molar-refractivity contribution in [2.24, 2.45) is 10.7 Å². The summed E-state index contributed by atoms with van der Waals surface area (Å²) in [6, 6.07) is 15.8. The fraction of sp³-hybridized carbons (Fsp3) is 0.300. The van der Waals surface area contributed by atoms with Gasteiger partial charge in [-0.25, -0.2) is 4.99 Å². The average molecular weight is 371 g/mol. The molecule has 2 aromatic carbocycles. The third-order valence-corrected chi connectivity index (χ3v) is 4.67. The van der Waals surface area contributed by atoms with E-state index < -0.39 is 5.91 Å². The molecule has 26 heavy (non-hydrogen) atoms. The monoisotopic (exact) mass is 370 g/mol. The lowest BCUT2D eigenvalue weighted by atomic mass is 10.1. The van der Waals surface area contributed by atoms with Crippen LogP contribution < -0.4 is 11.1 Å². The SMILES string of the molecule is CCNC(=NCc1ccc(C(N)=O)cc1)N(C)Cc1ccc(SC)cc1. The maximum atomic E-state index is 11.1. The van der Waals surface area contributed by atoms with E-state index in [2.05, 4.69) is 47.7 Å². The molecule has 3 N–H and O–H groups in total. The van der Waals surface area contributed by atoms with E-state index in [1.54, 1.807) is 23.9 Å². The van der Waals surface area contributed by atoms with Crippen molar-refractivity contribution in [3.05, 3.63) is 65.2 Å². The van der Waals surface area contributed by atoms with Gasteiger partial charge in [-0.15, -0.1) is 11.8 Å². The zero-order valence-electron chi connectivity index (χ0n) is 15.5. The number of carbonyl (C=O) groups excluding carboxylic acids is 1. The predicted molar refractivity (Wildman–Crippen MR) is 109 cm³/mol. The summed E-state index contributed by atoms with van der Waals surface area (Å²) in [7, 11) is 2.03. The highest BCUT2D eigenvalue weighted by Crippen LogP contribution is 2.15. The zero-order chi connectivity index (χ0) is 18.9. The Labute approximate surface area is 159 Å². The third-order valence-electron chi connectivity index (χ3n) is 3.93. The number of rotatable bonds is 7. The molecule has 2 aromatic rings. The van der Waals surface area contributed by atoms with Crippen LogP contribution >= 0.6 is 11.8 Å². The van der Waals surface area contributed by atoms with Crippen LogP contribution in [0.4, 0.5) is 0 Å². The summed E-state index contributed by atoms with van der Waals surface area (Å²) >= 11 is 1.74. The van der Waals surface area contributed by atoms with Gasteiger partial charge in [0.25, 0.3) is 0 Å². The summed E-state index contributed by atoms with van der Waals surface area (Å²) in [5.74, 6) is 0.432. The van der Waals surface area contributed by atoms with Gasteiger partial charge in [-0.2, -0.15) is 0 Å². The van der Waals surface area contributed by atoms with Crippen LogP contribution in [-0.4, -0.2) is 36.6 Å². The first kappa shape index (κ1) is 19.8. The van der Waals surface area contributed by atoms with E-state index in [4.69, 9.17) is 10.7 Å². The molecule has 0 bridgehead atoms. The number of nitrogens with two attached hydrogens (primary N) is 1. The number of nitrogens with one attached hydrogen (secondary N) is 1. The van der Waals surface area contributed by atoms with Gasteiger partial charge in [0.1, 0.15) is 0 Å². The second-order valence-corrected chi connectivity index (χ2v) is 6.82. The number of primary amides is 1. The van der Waals surface area contributed by atoms with Crippen molar-refractivity contribution in [1.29, 1.82) is 0 Å². The second kappa shape index (κ2) is 9.87. The summed E-state index contributed by atoms with van der Waals surface area (Å²) in [6.45, 7) is 4.17. The molecular formula is C20H26N4OS. The summed E-state index contributed by atoms with van der Waals surface area (Å²) in [5, 5.41) is 3.32. The van der Waals surface area contributed by atoms with E-state index in [1.807, 2.05) is 19.2 Å². The van der Waals surface area contributed by atoms with E-state index in [0.29, 0.717) is 12.1 Å². The number of benzene rings is 2. The highest BCUT2D eigenvalue weighted by Gasteiger charge is 2.07. The van der Waals surface area contributed by atoms with Crippen molar-refractivity contribution < 1.29 is 4.79 Å². The van der Waals surface area contributed by atoms with Gasteiger partial charge < -0.3 is 16.0 Å². The van der Waals surface area contributed by atoms with Crippen LogP contribution in [0.15, 0.2) is 58.4 Å². The Morgan fingerprint density at radius 3 is 2.27 bits per heavy atom. The minimum absolute atomic E-state index is 0.416. The number of carbonyl (C=O) groups is 1. The van der Waals surface area contributed by atoms with E-state index in [-0.39, 0.29) is 0 Å². The van der Waals surface area contributed by atoms with Gasteiger partial charge in [0.2, 0.25) is 5.91 Å². The van der Waals surface area contributed by atoms with Crippen LogP contribution in [0, 0.1) is 0 Å². The van der Waals surface area contributed by atoms with Crippen molar-refractivity contribution in [2.75, 3.05) is 19.8 Å².